The van der Waals surface area contributed by atoms with Gasteiger partial charge in [-0.1, -0.05) is 23.3 Å². The molecule has 3 aliphatic rings. The van der Waals surface area contributed by atoms with Crippen LogP contribution in [0.2, 0.25) is 0 Å². The van der Waals surface area contributed by atoms with Crippen molar-refractivity contribution >= 4 is 0 Å². The lowest BCUT2D eigenvalue weighted by atomic mass is 9.69. The Morgan fingerprint density at radius 1 is 0.667 bits per heavy atom. The van der Waals surface area contributed by atoms with Crippen LogP contribution in [0.5, 0.6) is 0 Å². The topological polar surface area (TPSA) is 0 Å². The van der Waals surface area contributed by atoms with Crippen molar-refractivity contribution in [3.8, 4) is 0 Å². The Morgan fingerprint density at radius 2 is 1.00 bits per heavy atom. The van der Waals surface area contributed by atoms with Gasteiger partial charge in [0, 0.05) is 23.0 Å². The van der Waals surface area contributed by atoms with Crippen molar-refractivity contribution in [3.63, 3.8) is 0 Å². The van der Waals surface area contributed by atoms with Crippen molar-refractivity contribution in [2.45, 2.75) is 25.7 Å². The number of benzene rings is 1. The van der Waals surface area contributed by atoms with Crippen molar-refractivity contribution < 1.29 is 17.6 Å². The predicted molar refractivity (Wildman–Crippen MR) is 59.3 cm³/mol. The molecule has 0 nitrogen and oxygen atoms in total. The van der Waals surface area contributed by atoms with E-state index in [0.717, 1.165) is 11.1 Å². The fourth-order valence-electron chi connectivity index (χ4n) is 2.89. The lowest BCUT2D eigenvalue weighted by molar-refractivity contribution is 0.393. The van der Waals surface area contributed by atoms with Crippen LogP contribution in [0.3, 0.4) is 0 Å². The summed E-state index contributed by atoms with van der Waals surface area (Å²) in [6.07, 6.45) is 3.56. The molecule has 0 saturated carbocycles. The molecule has 0 heterocycles. The minimum atomic E-state index is -1.72. The Labute approximate surface area is 102 Å². The first kappa shape index (κ1) is 11.5. The molecule has 1 unspecified atom stereocenters. The number of allylic oxidation sites excluding steroid dienone is 4. The molecule has 0 aromatic heterocycles. The molecule has 0 N–H and O–H groups in total. The Bertz CT molecular complexity index is 570. The molecule has 4 rings (SSSR count). The summed E-state index contributed by atoms with van der Waals surface area (Å²) in [4.78, 5) is 0. The molecule has 3 aliphatic carbocycles. The Hall–Kier alpha value is -1.58. The van der Waals surface area contributed by atoms with Gasteiger partial charge in [0.05, 0.1) is 0 Å². The average molecular weight is 254 g/mol. The highest BCUT2D eigenvalue weighted by Gasteiger charge is 2.39. The minimum absolute atomic E-state index is 0.0537. The van der Waals surface area contributed by atoms with Crippen LogP contribution < -0.4 is 0 Å². The van der Waals surface area contributed by atoms with Gasteiger partial charge >= 0.3 is 0 Å². The van der Waals surface area contributed by atoms with E-state index >= 15 is 0 Å². The zero-order chi connectivity index (χ0) is 13.2. The number of hydrogen-bond donors (Lipinski definition) is 0. The molecule has 0 aliphatic heterocycles. The molecule has 0 amide bonds. The Morgan fingerprint density at radius 3 is 1.33 bits per heavy atom. The molecule has 4 heteroatoms. The van der Waals surface area contributed by atoms with Crippen molar-refractivity contribution in [3.05, 3.63) is 57.7 Å². The van der Waals surface area contributed by atoms with E-state index in [1.165, 1.54) is 0 Å². The zero-order valence-corrected chi connectivity index (χ0v) is 9.82. The van der Waals surface area contributed by atoms with E-state index in [0.29, 0.717) is 0 Å². The molecule has 0 radical (unpaired) electrons. The average Bonchev–Trinajstić information content (AvgIpc) is 2.34. The molecular formula is C14H10F4. The Kier molecular flexibility index (Phi) is 2.22. The van der Waals surface area contributed by atoms with Gasteiger partial charge < -0.3 is 0 Å². The molecule has 0 spiro atoms. The van der Waals surface area contributed by atoms with E-state index in [4.69, 9.17) is 0 Å². The molecule has 0 saturated heterocycles. The first-order chi connectivity index (χ1) is 8.43. The van der Waals surface area contributed by atoms with Crippen molar-refractivity contribution in [2.75, 3.05) is 0 Å². The fraction of sp³-hybridized carbons (Fsp3) is 0.286. The Balaban J connectivity index is 2.40. The molecule has 2 atom stereocenters. The lowest BCUT2D eigenvalue weighted by Gasteiger charge is -2.35. The molecule has 2 bridgehead atoms. The number of rotatable bonds is 0. The SMILES string of the molecule is CC1=C[C@@H]2C(C)=CC1c1c(F)c(F)c(F)c(F)c12. The summed E-state index contributed by atoms with van der Waals surface area (Å²) in [6, 6.07) is 0. The quantitative estimate of drug-likeness (QED) is 0.280. The number of hydrogen-bond acceptors (Lipinski definition) is 0. The maximum atomic E-state index is 13.8. The van der Waals surface area contributed by atoms with Gasteiger partial charge in [-0.3, -0.25) is 0 Å². The van der Waals surface area contributed by atoms with Gasteiger partial charge in [-0.25, -0.2) is 17.6 Å². The van der Waals surface area contributed by atoms with Crippen LogP contribution in [-0.4, -0.2) is 0 Å². The second-order valence-corrected chi connectivity index (χ2v) is 4.86. The normalized spacial score (nSPS) is 24.8. The minimum Gasteiger partial charge on any atom is -0.203 e. The highest BCUT2D eigenvalue weighted by molar-refractivity contribution is 5.57. The van der Waals surface area contributed by atoms with E-state index in [9.17, 15) is 17.6 Å². The summed E-state index contributed by atoms with van der Waals surface area (Å²) < 4.78 is 54.3. The fourth-order valence-corrected chi connectivity index (χ4v) is 2.89. The van der Waals surface area contributed by atoms with Gasteiger partial charge in [0.15, 0.2) is 23.3 Å². The summed E-state index contributed by atoms with van der Waals surface area (Å²) in [5.41, 5.74) is 1.56. The van der Waals surface area contributed by atoms with Gasteiger partial charge in [-0.05, 0) is 13.8 Å². The van der Waals surface area contributed by atoms with Gasteiger partial charge in [-0.15, -0.1) is 0 Å². The summed E-state index contributed by atoms with van der Waals surface area (Å²) in [7, 11) is 0. The highest BCUT2D eigenvalue weighted by atomic mass is 19.2. The maximum Gasteiger partial charge on any atom is 0.197 e. The first-order valence-electron chi connectivity index (χ1n) is 5.65. The first-order valence-corrected chi connectivity index (χ1v) is 5.65. The zero-order valence-electron chi connectivity index (χ0n) is 9.82. The lowest BCUT2D eigenvalue weighted by Crippen LogP contribution is -2.24. The summed E-state index contributed by atoms with van der Waals surface area (Å²) >= 11 is 0. The molecule has 1 aromatic carbocycles. The largest absolute Gasteiger partial charge is 0.203 e. The van der Waals surface area contributed by atoms with E-state index in [1.54, 1.807) is 26.0 Å². The second kappa shape index (κ2) is 3.46. The molecule has 18 heavy (non-hydrogen) atoms. The van der Waals surface area contributed by atoms with Gasteiger partial charge in [0.2, 0.25) is 0 Å². The van der Waals surface area contributed by atoms with E-state index in [2.05, 4.69) is 0 Å². The summed E-state index contributed by atoms with van der Waals surface area (Å²) in [5, 5.41) is 0. The predicted octanol–water partition coefficient (Wildman–Crippen LogP) is 4.33. The van der Waals surface area contributed by atoms with Crippen LogP contribution >= 0.6 is 0 Å². The highest BCUT2D eigenvalue weighted by Crippen LogP contribution is 2.50. The van der Waals surface area contributed by atoms with Crippen molar-refractivity contribution in [2.24, 2.45) is 0 Å². The monoisotopic (exact) mass is 254 g/mol. The second-order valence-electron chi connectivity index (χ2n) is 4.86. The van der Waals surface area contributed by atoms with Gasteiger partial charge in [-0.2, -0.15) is 0 Å². The van der Waals surface area contributed by atoms with Crippen LogP contribution in [0.15, 0.2) is 23.3 Å². The van der Waals surface area contributed by atoms with Crippen LogP contribution in [0.4, 0.5) is 17.6 Å². The molecule has 1 aromatic rings. The summed E-state index contributed by atoms with van der Waals surface area (Å²) in [6.45, 7) is 3.56. The number of halogens is 4. The third-order valence-electron chi connectivity index (χ3n) is 3.80. The van der Waals surface area contributed by atoms with Crippen LogP contribution in [0, 0.1) is 23.3 Å². The third-order valence-corrected chi connectivity index (χ3v) is 3.80. The molecule has 94 valence electrons. The van der Waals surface area contributed by atoms with Crippen molar-refractivity contribution in [1.29, 1.82) is 0 Å². The summed E-state index contributed by atoms with van der Waals surface area (Å²) in [5.74, 6) is -6.97. The van der Waals surface area contributed by atoms with Gasteiger partial charge in [0.25, 0.3) is 0 Å². The van der Waals surface area contributed by atoms with E-state index in [1.807, 2.05) is 0 Å². The molecular weight excluding hydrogens is 244 g/mol. The van der Waals surface area contributed by atoms with Crippen molar-refractivity contribution in [1.82, 2.24) is 0 Å². The van der Waals surface area contributed by atoms with E-state index < -0.39 is 35.1 Å². The molecule has 0 fully saturated rings. The smallest absolute Gasteiger partial charge is 0.197 e. The van der Waals surface area contributed by atoms with E-state index in [-0.39, 0.29) is 11.1 Å². The van der Waals surface area contributed by atoms with Crippen LogP contribution in [-0.2, 0) is 0 Å². The van der Waals surface area contributed by atoms with Crippen LogP contribution in [0.1, 0.15) is 36.8 Å². The van der Waals surface area contributed by atoms with Crippen LogP contribution in [0.25, 0.3) is 0 Å². The standard InChI is InChI=1S/C14H10F4/c1-5-3-8-6(2)4-7(5)9-10(8)12(16)14(18)13(17)11(9)15/h3-4,7-8H,1-2H3/t7-,8?/m1/s1. The van der Waals surface area contributed by atoms with Gasteiger partial charge in [0.1, 0.15) is 0 Å². The third kappa shape index (κ3) is 1.21. The maximum absolute atomic E-state index is 13.8.